The standard InChI is InChI=1S/C23H26FNO5/c24-17-3-1-14(2-4-17)23(15-6-12-5-13(8-15)9-16(23)7-12)11-20(26)25-18(21(27)28)10-19(25)22(29)30/h1-4,12-13,15-16,18-19H,5-11H2,(H,27,28)(H,29,30)/t12?,13?,15?,16?,18-,19?,23?/m0/s1. The van der Waals surface area contributed by atoms with Crippen molar-refractivity contribution in [1.29, 1.82) is 0 Å². The van der Waals surface area contributed by atoms with Gasteiger partial charge in [-0.15, -0.1) is 0 Å². The maximum atomic E-state index is 13.7. The number of amides is 1. The number of hydrogen-bond acceptors (Lipinski definition) is 3. The summed E-state index contributed by atoms with van der Waals surface area (Å²) in [5, 5.41) is 18.9. The highest BCUT2D eigenvalue weighted by Crippen LogP contribution is 2.64. The van der Waals surface area contributed by atoms with Gasteiger partial charge in [0.05, 0.1) is 0 Å². The Bertz CT molecular complexity index is 849. The van der Waals surface area contributed by atoms with Gasteiger partial charge in [0.1, 0.15) is 17.9 Å². The fourth-order valence-corrected chi connectivity index (χ4v) is 7.29. The third kappa shape index (κ3) is 2.77. The second-order valence-corrected chi connectivity index (χ2v) is 9.77. The molecule has 0 aromatic heterocycles. The van der Waals surface area contributed by atoms with Crippen molar-refractivity contribution < 1.29 is 29.0 Å². The molecular weight excluding hydrogens is 389 g/mol. The molecular formula is C23H26FNO5. The zero-order valence-electron chi connectivity index (χ0n) is 16.7. The largest absolute Gasteiger partial charge is 0.480 e. The predicted molar refractivity (Wildman–Crippen MR) is 104 cm³/mol. The van der Waals surface area contributed by atoms with E-state index in [2.05, 4.69) is 0 Å². The van der Waals surface area contributed by atoms with Crippen LogP contribution in [0.5, 0.6) is 0 Å². The van der Waals surface area contributed by atoms with E-state index in [1.807, 2.05) is 0 Å². The summed E-state index contributed by atoms with van der Waals surface area (Å²) in [4.78, 5) is 37.6. The fraction of sp³-hybridized carbons (Fsp3) is 0.609. The number of carboxylic acid groups (broad SMARTS) is 2. The zero-order valence-corrected chi connectivity index (χ0v) is 16.7. The summed E-state index contributed by atoms with van der Waals surface area (Å²) in [6.07, 6.45) is 5.40. The van der Waals surface area contributed by atoms with Crippen LogP contribution >= 0.6 is 0 Å². The van der Waals surface area contributed by atoms with Gasteiger partial charge >= 0.3 is 11.9 Å². The Morgan fingerprint density at radius 3 is 1.83 bits per heavy atom. The molecule has 4 aliphatic carbocycles. The number of halogens is 1. The number of carboxylic acids is 2. The number of carbonyl (C=O) groups excluding carboxylic acids is 1. The van der Waals surface area contributed by atoms with Crippen LogP contribution in [0.4, 0.5) is 4.39 Å². The molecule has 1 aliphatic heterocycles. The van der Waals surface area contributed by atoms with E-state index in [1.165, 1.54) is 18.6 Å². The zero-order chi connectivity index (χ0) is 21.2. The molecule has 1 saturated heterocycles. The maximum absolute atomic E-state index is 13.7. The van der Waals surface area contributed by atoms with Crippen molar-refractivity contribution >= 4 is 17.8 Å². The lowest BCUT2D eigenvalue weighted by molar-refractivity contribution is -0.174. The minimum absolute atomic E-state index is 0.0586. The van der Waals surface area contributed by atoms with Crippen LogP contribution in [-0.4, -0.2) is 45.0 Å². The smallest absolute Gasteiger partial charge is 0.326 e. The number of nitrogens with zero attached hydrogens (tertiary/aromatic N) is 1. The summed E-state index contributed by atoms with van der Waals surface area (Å²) in [7, 11) is 0. The Balaban J connectivity index is 1.52. The highest BCUT2D eigenvalue weighted by atomic mass is 19.1. The average Bonchev–Trinajstić information content (AvgIpc) is 2.63. The summed E-state index contributed by atoms with van der Waals surface area (Å²) in [6, 6.07) is 4.22. The van der Waals surface area contributed by atoms with E-state index < -0.39 is 35.3 Å². The summed E-state index contributed by atoms with van der Waals surface area (Å²) in [6.45, 7) is 0. The quantitative estimate of drug-likeness (QED) is 0.771. The number of rotatable bonds is 5. The molecule has 1 amide bonds. The monoisotopic (exact) mass is 415 g/mol. The first kappa shape index (κ1) is 19.5. The topological polar surface area (TPSA) is 94.9 Å². The van der Waals surface area contributed by atoms with Crippen LogP contribution in [0, 0.1) is 29.5 Å². The number of benzene rings is 1. The predicted octanol–water partition coefficient (Wildman–Crippen LogP) is 3.05. The number of aliphatic carboxylic acids is 2. The molecule has 1 heterocycles. The minimum Gasteiger partial charge on any atom is -0.480 e. The molecule has 4 bridgehead atoms. The van der Waals surface area contributed by atoms with Gasteiger partial charge in [-0.2, -0.15) is 0 Å². The van der Waals surface area contributed by atoms with Crippen LogP contribution in [0.1, 0.15) is 50.5 Å². The molecule has 6 nitrogen and oxygen atoms in total. The van der Waals surface area contributed by atoms with Gasteiger partial charge in [-0.1, -0.05) is 12.1 Å². The van der Waals surface area contributed by atoms with E-state index in [9.17, 15) is 29.0 Å². The Labute approximate surface area is 174 Å². The maximum Gasteiger partial charge on any atom is 0.326 e. The van der Waals surface area contributed by atoms with E-state index in [-0.39, 0.29) is 30.5 Å². The van der Waals surface area contributed by atoms with E-state index in [0.717, 1.165) is 36.1 Å². The Kier molecular flexibility index (Phi) is 4.42. The van der Waals surface area contributed by atoms with Crippen molar-refractivity contribution in [2.24, 2.45) is 23.7 Å². The lowest BCUT2D eigenvalue weighted by atomic mass is 9.43. The van der Waals surface area contributed by atoms with Crippen molar-refractivity contribution in [3.05, 3.63) is 35.6 Å². The van der Waals surface area contributed by atoms with Crippen LogP contribution in [-0.2, 0) is 19.8 Å². The van der Waals surface area contributed by atoms with Crippen LogP contribution in [0.2, 0.25) is 0 Å². The van der Waals surface area contributed by atoms with Crippen LogP contribution in [0.15, 0.2) is 24.3 Å². The lowest BCUT2D eigenvalue weighted by Crippen LogP contribution is -2.66. The average molecular weight is 415 g/mol. The van der Waals surface area contributed by atoms with Crippen molar-refractivity contribution in [3.8, 4) is 0 Å². The Hall–Kier alpha value is -2.44. The molecule has 0 radical (unpaired) electrons. The summed E-state index contributed by atoms with van der Waals surface area (Å²) in [5.41, 5.74) is 0.463. The first-order valence-electron chi connectivity index (χ1n) is 10.8. The Morgan fingerprint density at radius 2 is 1.37 bits per heavy atom. The van der Waals surface area contributed by atoms with Crippen LogP contribution < -0.4 is 0 Å². The van der Waals surface area contributed by atoms with Gasteiger partial charge in [0.25, 0.3) is 0 Å². The molecule has 30 heavy (non-hydrogen) atoms. The molecule has 6 rings (SSSR count). The molecule has 0 spiro atoms. The second kappa shape index (κ2) is 6.79. The van der Waals surface area contributed by atoms with E-state index in [4.69, 9.17) is 0 Å². The van der Waals surface area contributed by atoms with Gasteiger partial charge in [-0.25, -0.2) is 14.0 Å². The SMILES string of the molecule is O=C(O)C1C[C@@H](C(=O)O)N1C(=O)CC1(c2ccc(F)cc2)C2CC3CC(C2)CC1C3. The molecule has 1 aromatic rings. The van der Waals surface area contributed by atoms with Gasteiger partial charge in [0.2, 0.25) is 5.91 Å². The molecule has 160 valence electrons. The molecule has 4 saturated carbocycles. The summed E-state index contributed by atoms with van der Waals surface area (Å²) >= 11 is 0. The first-order valence-corrected chi connectivity index (χ1v) is 10.8. The molecule has 5 aliphatic rings. The fourth-order valence-electron chi connectivity index (χ4n) is 7.29. The first-order chi connectivity index (χ1) is 14.3. The van der Waals surface area contributed by atoms with Crippen LogP contribution in [0.25, 0.3) is 0 Å². The second-order valence-electron chi connectivity index (χ2n) is 9.77. The third-order valence-electron chi connectivity index (χ3n) is 8.40. The summed E-state index contributed by atoms with van der Waals surface area (Å²) < 4.78 is 13.7. The molecule has 1 aromatic carbocycles. The van der Waals surface area contributed by atoms with Gasteiger partial charge in [0, 0.05) is 18.3 Å². The van der Waals surface area contributed by atoms with Crippen molar-refractivity contribution in [2.45, 2.75) is 62.4 Å². The van der Waals surface area contributed by atoms with E-state index >= 15 is 0 Å². The molecule has 1 unspecified atom stereocenters. The van der Waals surface area contributed by atoms with Crippen LogP contribution in [0.3, 0.4) is 0 Å². The molecule has 5 fully saturated rings. The number of carbonyl (C=O) groups is 3. The number of hydrogen-bond donors (Lipinski definition) is 2. The van der Waals surface area contributed by atoms with Crippen molar-refractivity contribution in [2.75, 3.05) is 0 Å². The van der Waals surface area contributed by atoms with E-state index in [0.29, 0.717) is 11.8 Å². The highest BCUT2D eigenvalue weighted by Gasteiger charge is 2.60. The highest BCUT2D eigenvalue weighted by molar-refractivity contribution is 5.92. The van der Waals surface area contributed by atoms with Crippen molar-refractivity contribution in [3.63, 3.8) is 0 Å². The minimum atomic E-state index is -1.17. The van der Waals surface area contributed by atoms with Crippen molar-refractivity contribution in [1.82, 2.24) is 4.90 Å². The Morgan fingerprint density at radius 1 is 0.867 bits per heavy atom. The molecule has 7 heteroatoms. The van der Waals surface area contributed by atoms with Gasteiger partial charge in [-0.05, 0) is 73.5 Å². The van der Waals surface area contributed by atoms with Gasteiger partial charge < -0.3 is 15.1 Å². The normalized spacial score (nSPS) is 38.9. The third-order valence-corrected chi connectivity index (χ3v) is 8.40. The van der Waals surface area contributed by atoms with Gasteiger partial charge in [0.15, 0.2) is 0 Å². The molecule has 2 N–H and O–H groups in total. The summed E-state index contributed by atoms with van der Waals surface area (Å²) in [5.74, 6) is -1.16. The molecule has 2 atom stereocenters. The lowest BCUT2D eigenvalue weighted by Gasteiger charge is -2.62. The number of likely N-dealkylation sites (tertiary alicyclic amines) is 1. The van der Waals surface area contributed by atoms with Gasteiger partial charge in [-0.3, -0.25) is 4.79 Å². The van der Waals surface area contributed by atoms with E-state index in [1.54, 1.807) is 12.1 Å².